The topological polar surface area (TPSA) is 39.2 Å². The number of unbranched alkanes of at least 4 members (excludes halogenated alkanes) is 1. The molecule has 0 bridgehead atoms. The number of benzene rings is 1. The van der Waals surface area contributed by atoms with Crippen molar-refractivity contribution in [3.05, 3.63) is 71.6 Å². The lowest BCUT2D eigenvalue weighted by Crippen LogP contribution is -2.02. The molecule has 0 aliphatic heterocycles. The molecule has 0 unspecified atom stereocenters. The van der Waals surface area contributed by atoms with E-state index in [1.807, 2.05) is 60.8 Å². The van der Waals surface area contributed by atoms with E-state index in [0.29, 0.717) is 13.0 Å². The van der Waals surface area contributed by atoms with Gasteiger partial charge in [-0.1, -0.05) is 61.9 Å². The monoisotopic (exact) mass is 335 g/mol. The number of aromatic nitrogens is 1. The molecular formula is C22H25NO2. The third kappa shape index (κ3) is 7.73. The van der Waals surface area contributed by atoms with Crippen molar-refractivity contribution in [2.24, 2.45) is 0 Å². The summed E-state index contributed by atoms with van der Waals surface area (Å²) in [5, 5.41) is 0. The minimum Gasteiger partial charge on any atom is -0.381 e. The second-order valence-electron chi connectivity index (χ2n) is 5.80. The summed E-state index contributed by atoms with van der Waals surface area (Å²) >= 11 is 0. The molecule has 130 valence electrons. The van der Waals surface area contributed by atoms with Crippen LogP contribution in [0.3, 0.4) is 0 Å². The fraction of sp³-hybridized carbons (Fsp3) is 0.273. The standard InChI is InChI=1S/C22H25NO2/c1-2-3-16-25-17-14-22(24)13-12-20-8-6-19(7-9-20)10-11-21-5-4-15-23-18-21/h4-13,15,18H,2-3,14,16-17H2,1H3. The molecule has 25 heavy (non-hydrogen) atoms. The van der Waals surface area contributed by atoms with Crippen molar-refractivity contribution >= 4 is 24.0 Å². The maximum atomic E-state index is 11.8. The Morgan fingerprint density at radius 3 is 2.40 bits per heavy atom. The number of carbonyl (C=O) groups excluding carboxylic acids is 1. The van der Waals surface area contributed by atoms with Crippen molar-refractivity contribution < 1.29 is 9.53 Å². The normalized spacial score (nSPS) is 11.4. The zero-order chi connectivity index (χ0) is 17.7. The zero-order valence-corrected chi connectivity index (χ0v) is 14.7. The molecule has 2 aromatic rings. The maximum absolute atomic E-state index is 11.8. The highest BCUT2D eigenvalue weighted by Gasteiger charge is 1.97. The van der Waals surface area contributed by atoms with Crippen LogP contribution in [0.2, 0.25) is 0 Å². The van der Waals surface area contributed by atoms with Gasteiger partial charge in [0.1, 0.15) is 0 Å². The van der Waals surface area contributed by atoms with Gasteiger partial charge in [-0.3, -0.25) is 9.78 Å². The smallest absolute Gasteiger partial charge is 0.158 e. The lowest BCUT2D eigenvalue weighted by atomic mass is 10.1. The molecule has 0 amide bonds. The van der Waals surface area contributed by atoms with Crippen LogP contribution in [-0.2, 0) is 9.53 Å². The molecule has 3 nitrogen and oxygen atoms in total. The molecule has 0 radical (unpaired) electrons. The third-order valence-electron chi connectivity index (χ3n) is 3.69. The summed E-state index contributed by atoms with van der Waals surface area (Å²) in [6.45, 7) is 3.36. The number of pyridine rings is 1. The van der Waals surface area contributed by atoms with Gasteiger partial charge in [0.15, 0.2) is 5.78 Å². The van der Waals surface area contributed by atoms with Crippen LogP contribution in [0.25, 0.3) is 18.2 Å². The number of ketones is 1. The summed E-state index contributed by atoms with van der Waals surface area (Å²) in [4.78, 5) is 15.9. The van der Waals surface area contributed by atoms with Crippen molar-refractivity contribution in [3.8, 4) is 0 Å². The van der Waals surface area contributed by atoms with E-state index in [9.17, 15) is 4.79 Å². The summed E-state index contributed by atoms with van der Waals surface area (Å²) in [6.07, 6.45) is 13.7. The Kier molecular flexibility index (Phi) is 8.36. The van der Waals surface area contributed by atoms with Gasteiger partial charge in [-0.2, -0.15) is 0 Å². The second kappa shape index (κ2) is 11.1. The third-order valence-corrected chi connectivity index (χ3v) is 3.69. The Morgan fingerprint density at radius 2 is 1.72 bits per heavy atom. The first-order valence-electron chi connectivity index (χ1n) is 8.75. The van der Waals surface area contributed by atoms with Gasteiger partial charge in [-0.25, -0.2) is 0 Å². The number of allylic oxidation sites excluding steroid dienone is 1. The predicted octanol–water partition coefficient (Wildman–Crippen LogP) is 5.04. The molecule has 0 atom stereocenters. The van der Waals surface area contributed by atoms with Gasteiger partial charge in [0.05, 0.1) is 6.61 Å². The number of carbonyl (C=O) groups is 1. The van der Waals surface area contributed by atoms with Gasteiger partial charge < -0.3 is 4.74 Å². The fourth-order valence-corrected chi connectivity index (χ4v) is 2.18. The highest BCUT2D eigenvalue weighted by Crippen LogP contribution is 2.10. The van der Waals surface area contributed by atoms with Gasteiger partial charge in [-0.15, -0.1) is 0 Å². The van der Waals surface area contributed by atoms with Crippen LogP contribution in [0.1, 0.15) is 42.9 Å². The molecule has 0 spiro atoms. The molecule has 1 aromatic carbocycles. The minimum atomic E-state index is 0.0945. The van der Waals surface area contributed by atoms with Crippen molar-refractivity contribution in [2.45, 2.75) is 26.2 Å². The predicted molar refractivity (Wildman–Crippen MR) is 104 cm³/mol. The lowest BCUT2D eigenvalue weighted by Gasteiger charge is -2.00. The molecule has 0 saturated heterocycles. The molecule has 0 N–H and O–H groups in total. The van der Waals surface area contributed by atoms with Crippen molar-refractivity contribution in [2.75, 3.05) is 13.2 Å². The van der Waals surface area contributed by atoms with Gasteiger partial charge in [-0.05, 0) is 35.3 Å². The second-order valence-corrected chi connectivity index (χ2v) is 5.80. The lowest BCUT2D eigenvalue weighted by molar-refractivity contribution is -0.115. The van der Waals surface area contributed by atoms with Crippen LogP contribution >= 0.6 is 0 Å². The van der Waals surface area contributed by atoms with Crippen LogP contribution in [-0.4, -0.2) is 24.0 Å². The molecule has 1 aromatic heterocycles. The molecule has 3 heteroatoms. The average Bonchev–Trinajstić information content (AvgIpc) is 2.66. The van der Waals surface area contributed by atoms with Gasteiger partial charge in [0, 0.05) is 25.4 Å². The zero-order valence-electron chi connectivity index (χ0n) is 14.7. The first-order chi connectivity index (χ1) is 12.3. The highest BCUT2D eigenvalue weighted by atomic mass is 16.5. The first kappa shape index (κ1) is 18.8. The van der Waals surface area contributed by atoms with Crippen LogP contribution in [0, 0.1) is 0 Å². The number of hydrogen-bond acceptors (Lipinski definition) is 3. The minimum absolute atomic E-state index is 0.0945. The molecule has 0 fully saturated rings. The van der Waals surface area contributed by atoms with Crippen LogP contribution in [0.5, 0.6) is 0 Å². The van der Waals surface area contributed by atoms with Gasteiger partial charge in [0.25, 0.3) is 0 Å². The molecule has 0 aliphatic rings. The molecular weight excluding hydrogens is 310 g/mol. The maximum Gasteiger partial charge on any atom is 0.158 e. The quantitative estimate of drug-likeness (QED) is 0.451. The molecule has 1 heterocycles. The highest BCUT2D eigenvalue weighted by molar-refractivity contribution is 5.93. The van der Waals surface area contributed by atoms with E-state index < -0.39 is 0 Å². The van der Waals surface area contributed by atoms with E-state index in [4.69, 9.17) is 4.74 Å². The summed E-state index contributed by atoms with van der Waals surface area (Å²) < 4.78 is 5.41. The van der Waals surface area contributed by atoms with E-state index in [-0.39, 0.29) is 5.78 Å². The van der Waals surface area contributed by atoms with Gasteiger partial charge in [0.2, 0.25) is 0 Å². The summed E-state index contributed by atoms with van der Waals surface area (Å²) in [6, 6.07) is 12.0. The first-order valence-corrected chi connectivity index (χ1v) is 8.75. The molecule has 0 saturated carbocycles. The van der Waals surface area contributed by atoms with Crippen molar-refractivity contribution in [1.82, 2.24) is 4.98 Å². The Hall–Kier alpha value is -2.52. The van der Waals surface area contributed by atoms with E-state index in [2.05, 4.69) is 11.9 Å². The van der Waals surface area contributed by atoms with E-state index in [1.54, 1.807) is 12.3 Å². The summed E-state index contributed by atoms with van der Waals surface area (Å²) in [7, 11) is 0. The average molecular weight is 335 g/mol. The molecule has 0 aliphatic carbocycles. The largest absolute Gasteiger partial charge is 0.381 e. The fourth-order valence-electron chi connectivity index (χ4n) is 2.18. The van der Waals surface area contributed by atoms with Crippen LogP contribution < -0.4 is 0 Å². The number of hydrogen-bond donors (Lipinski definition) is 0. The van der Waals surface area contributed by atoms with Crippen molar-refractivity contribution in [1.29, 1.82) is 0 Å². The molecule has 2 rings (SSSR count). The van der Waals surface area contributed by atoms with E-state index >= 15 is 0 Å². The van der Waals surface area contributed by atoms with Gasteiger partial charge >= 0.3 is 0 Å². The van der Waals surface area contributed by atoms with E-state index in [1.165, 1.54) is 0 Å². The van der Waals surface area contributed by atoms with Crippen LogP contribution in [0.4, 0.5) is 0 Å². The Labute approximate surface area is 150 Å². The van der Waals surface area contributed by atoms with Crippen molar-refractivity contribution in [3.63, 3.8) is 0 Å². The summed E-state index contributed by atoms with van der Waals surface area (Å²) in [5.41, 5.74) is 3.19. The number of rotatable bonds is 10. The Balaban J connectivity index is 1.79. The Morgan fingerprint density at radius 1 is 1.00 bits per heavy atom. The van der Waals surface area contributed by atoms with E-state index in [0.717, 1.165) is 36.1 Å². The number of nitrogens with zero attached hydrogens (tertiary/aromatic N) is 1. The Bertz CT molecular complexity index is 688. The summed E-state index contributed by atoms with van der Waals surface area (Å²) in [5.74, 6) is 0.0945. The SMILES string of the molecule is CCCCOCCC(=O)C=Cc1ccc(C=Cc2cccnc2)cc1. The van der Waals surface area contributed by atoms with Crippen LogP contribution in [0.15, 0.2) is 54.9 Å². The number of ether oxygens (including phenoxy) is 1.